The summed E-state index contributed by atoms with van der Waals surface area (Å²) < 4.78 is 40.6. The monoisotopic (exact) mass is 521 g/mol. The van der Waals surface area contributed by atoms with Crippen molar-refractivity contribution in [1.82, 2.24) is 0 Å². The van der Waals surface area contributed by atoms with Crippen LogP contribution in [0.3, 0.4) is 0 Å². The van der Waals surface area contributed by atoms with Crippen LogP contribution in [0.2, 0.25) is 0 Å². The minimum atomic E-state index is -4.62. The molecule has 1 N–H and O–H groups in total. The van der Waals surface area contributed by atoms with Gasteiger partial charge in [-0.25, -0.2) is 4.99 Å². The number of benzene rings is 2. The van der Waals surface area contributed by atoms with Crippen LogP contribution in [0.15, 0.2) is 69.4 Å². The fourth-order valence-corrected chi connectivity index (χ4v) is 4.68. The second kappa shape index (κ2) is 8.87. The topological polar surface area (TPSA) is 61.8 Å². The number of anilines is 2. The maximum Gasteiger partial charge on any atom is 0.418 e. The third kappa shape index (κ3) is 4.76. The molecule has 1 aromatic heterocycles. The van der Waals surface area contributed by atoms with Crippen molar-refractivity contribution in [2.45, 2.75) is 12.6 Å². The lowest BCUT2D eigenvalue weighted by Gasteiger charge is -2.22. The Kier molecular flexibility index (Phi) is 6.16. The molecule has 0 fully saturated rings. The second-order valence-electron chi connectivity index (χ2n) is 6.90. The van der Waals surface area contributed by atoms with Crippen molar-refractivity contribution >= 4 is 61.9 Å². The Hall–Kier alpha value is -2.98. The number of amides is 2. The molecule has 2 amide bonds. The first-order valence-corrected chi connectivity index (χ1v) is 11.0. The van der Waals surface area contributed by atoms with Gasteiger partial charge >= 0.3 is 6.18 Å². The number of fused-ring (bicyclic) bond motifs is 1. The molecule has 164 valence electrons. The van der Waals surface area contributed by atoms with Crippen LogP contribution in [0.25, 0.3) is 0 Å². The Balaban J connectivity index is 1.61. The summed E-state index contributed by atoms with van der Waals surface area (Å²) in [6.07, 6.45) is -4.67. The maximum absolute atomic E-state index is 13.2. The first kappa shape index (κ1) is 22.2. The Morgan fingerprint density at radius 2 is 1.81 bits per heavy atom. The quantitative estimate of drug-likeness (QED) is 0.455. The Morgan fingerprint density at radius 3 is 2.53 bits per heavy atom. The van der Waals surface area contributed by atoms with Crippen LogP contribution >= 0.6 is 27.3 Å². The van der Waals surface area contributed by atoms with Crippen molar-refractivity contribution in [3.05, 3.63) is 74.9 Å². The summed E-state index contributed by atoms with van der Waals surface area (Å²) in [4.78, 5) is 32.4. The molecule has 4 rings (SSSR count). The van der Waals surface area contributed by atoms with Crippen molar-refractivity contribution in [2.75, 3.05) is 16.8 Å². The fourth-order valence-electron chi connectivity index (χ4n) is 3.30. The van der Waals surface area contributed by atoms with Crippen LogP contribution in [0.1, 0.15) is 16.9 Å². The minimum absolute atomic E-state index is 0.0476. The lowest BCUT2D eigenvalue weighted by Crippen LogP contribution is -2.38. The van der Waals surface area contributed by atoms with E-state index in [4.69, 9.17) is 0 Å². The van der Waals surface area contributed by atoms with Crippen molar-refractivity contribution in [3.8, 4) is 0 Å². The maximum atomic E-state index is 13.2. The van der Waals surface area contributed by atoms with Crippen LogP contribution in [0, 0.1) is 0 Å². The highest BCUT2D eigenvalue weighted by Crippen LogP contribution is 2.36. The molecule has 0 spiro atoms. The first-order chi connectivity index (χ1) is 15.2. The molecule has 0 unspecified atom stereocenters. The summed E-state index contributed by atoms with van der Waals surface area (Å²) in [7, 11) is 0. The number of nitrogens with one attached hydrogen (secondary N) is 1. The average Bonchev–Trinajstić information content (AvgIpc) is 3.12. The van der Waals surface area contributed by atoms with Gasteiger partial charge in [0, 0.05) is 0 Å². The van der Waals surface area contributed by atoms with Crippen LogP contribution in [-0.2, 0) is 15.8 Å². The Bertz CT molecular complexity index is 1220. The lowest BCUT2D eigenvalue weighted by atomic mass is 10.1. The number of thiophene rings is 1. The van der Waals surface area contributed by atoms with Crippen molar-refractivity contribution in [3.63, 3.8) is 0 Å². The SMILES string of the molecule is O=C(CN1C(=O)CC(c2ccc(Br)s2)=Nc2ccccc21)Nc1ccccc1C(F)(F)F. The molecule has 3 aromatic rings. The van der Waals surface area contributed by atoms with E-state index < -0.39 is 24.2 Å². The van der Waals surface area contributed by atoms with Crippen LogP contribution in [-0.4, -0.2) is 24.1 Å². The molecule has 5 nitrogen and oxygen atoms in total. The van der Waals surface area contributed by atoms with Gasteiger partial charge < -0.3 is 10.2 Å². The number of carbonyl (C=O) groups excluding carboxylic acids is 2. The molecule has 0 saturated carbocycles. The fraction of sp³-hybridized carbons (Fsp3) is 0.136. The van der Waals surface area contributed by atoms with E-state index in [2.05, 4.69) is 26.2 Å². The average molecular weight is 522 g/mol. The molecule has 0 aliphatic carbocycles. The second-order valence-corrected chi connectivity index (χ2v) is 9.36. The number of nitrogens with zero attached hydrogens (tertiary/aromatic N) is 2. The number of halogens is 4. The van der Waals surface area contributed by atoms with E-state index in [9.17, 15) is 22.8 Å². The zero-order valence-electron chi connectivity index (χ0n) is 16.3. The molecular formula is C22H15BrF3N3O2S. The van der Waals surface area contributed by atoms with E-state index in [1.165, 1.54) is 34.4 Å². The number of alkyl halides is 3. The molecule has 0 bridgehead atoms. The first-order valence-electron chi connectivity index (χ1n) is 9.41. The van der Waals surface area contributed by atoms with E-state index in [1.54, 1.807) is 24.3 Å². The third-order valence-corrected chi connectivity index (χ3v) is 6.39. The van der Waals surface area contributed by atoms with Gasteiger partial charge in [-0.15, -0.1) is 11.3 Å². The number of hydrogen-bond acceptors (Lipinski definition) is 4. The number of aliphatic imine (C=N–C) groups is 1. The van der Waals surface area contributed by atoms with Gasteiger partial charge in [-0.05, 0) is 52.3 Å². The van der Waals surface area contributed by atoms with Gasteiger partial charge in [-0.2, -0.15) is 13.2 Å². The molecule has 0 saturated heterocycles. The summed E-state index contributed by atoms with van der Waals surface area (Å²) in [6, 6.07) is 15.3. The smallest absolute Gasteiger partial charge is 0.324 e. The molecular weight excluding hydrogens is 507 g/mol. The zero-order chi connectivity index (χ0) is 22.9. The van der Waals surface area contributed by atoms with Gasteiger partial charge in [0.15, 0.2) is 0 Å². The van der Waals surface area contributed by atoms with Gasteiger partial charge in [0.2, 0.25) is 11.8 Å². The summed E-state index contributed by atoms with van der Waals surface area (Å²) in [5.41, 5.74) is 0.165. The Labute approximate surface area is 193 Å². The highest BCUT2D eigenvalue weighted by atomic mass is 79.9. The summed E-state index contributed by atoms with van der Waals surface area (Å²) in [6.45, 7) is -0.445. The number of para-hydroxylation sites is 3. The number of carbonyl (C=O) groups is 2. The molecule has 0 radical (unpaired) electrons. The van der Waals surface area contributed by atoms with Gasteiger partial charge in [-0.1, -0.05) is 24.3 Å². The van der Waals surface area contributed by atoms with E-state index >= 15 is 0 Å². The summed E-state index contributed by atoms with van der Waals surface area (Å²) >= 11 is 4.83. The summed E-state index contributed by atoms with van der Waals surface area (Å²) in [5.74, 6) is -1.12. The molecule has 1 aliphatic heterocycles. The molecule has 2 aromatic carbocycles. The normalized spacial score (nSPS) is 13.9. The molecule has 1 aliphatic rings. The van der Waals surface area contributed by atoms with Gasteiger partial charge in [0.25, 0.3) is 0 Å². The largest absolute Gasteiger partial charge is 0.418 e. The summed E-state index contributed by atoms with van der Waals surface area (Å²) in [5, 5.41) is 2.29. The highest BCUT2D eigenvalue weighted by molar-refractivity contribution is 9.11. The van der Waals surface area contributed by atoms with Crippen molar-refractivity contribution in [1.29, 1.82) is 0 Å². The standard InChI is InChI=1S/C22H15BrF3N3O2S/c23-19-10-9-18(32-19)16-11-21(31)29(17-8-4-3-7-15(17)27-16)12-20(30)28-14-6-2-1-5-13(14)22(24,25)26/h1-10H,11-12H2,(H,28,30). The number of hydrogen-bond donors (Lipinski definition) is 1. The van der Waals surface area contributed by atoms with Crippen LogP contribution < -0.4 is 10.2 Å². The zero-order valence-corrected chi connectivity index (χ0v) is 18.7. The third-order valence-electron chi connectivity index (χ3n) is 4.71. The van der Waals surface area contributed by atoms with E-state index in [1.807, 2.05) is 12.1 Å². The van der Waals surface area contributed by atoms with Gasteiger partial charge in [0.1, 0.15) is 6.54 Å². The van der Waals surface area contributed by atoms with E-state index in [-0.39, 0.29) is 18.0 Å². The molecule has 32 heavy (non-hydrogen) atoms. The highest BCUT2D eigenvalue weighted by Gasteiger charge is 2.34. The van der Waals surface area contributed by atoms with Crippen molar-refractivity contribution in [2.24, 2.45) is 4.99 Å². The van der Waals surface area contributed by atoms with E-state index in [0.717, 1.165) is 14.7 Å². The van der Waals surface area contributed by atoms with Crippen LogP contribution in [0.4, 0.5) is 30.2 Å². The molecule has 10 heteroatoms. The number of rotatable bonds is 4. The van der Waals surface area contributed by atoms with Crippen LogP contribution in [0.5, 0.6) is 0 Å². The minimum Gasteiger partial charge on any atom is -0.324 e. The van der Waals surface area contributed by atoms with Crippen molar-refractivity contribution < 1.29 is 22.8 Å². The molecule has 2 heterocycles. The molecule has 0 atom stereocenters. The predicted octanol–water partition coefficient (Wildman–Crippen LogP) is 6.03. The lowest BCUT2D eigenvalue weighted by molar-refractivity contribution is -0.137. The van der Waals surface area contributed by atoms with E-state index in [0.29, 0.717) is 17.1 Å². The Morgan fingerprint density at radius 1 is 1.09 bits per heavy atom. The van der Waals surface area contributed by atoms with Gasteiger partial charge in [-0.3, -0.25) is 9.59 Å². The predicted molar refractivity (Wildman–Crippen MR) is 122 cm³/mol. The van der Waals surface area contributed by atoms with Gasteiger partial charge in [0.05, 0.1) is 43.4 Å².